The molecule has 1 amide bonds. The Balaban J connectivity index is 1.75. The van der Waals surface area contributed by atoms with Crippen LogP contribution in [0.2, 0.25) is 0 Å². The van der Waals surface area contributed by atoms with Gasteiger partial charge in [0.2, 0.25) is 15.9 Å². The predicted molar refractivity (Wildman–Crippen MR) is 83.7 cm³/mol. The summed E-state index contributed by atoms with van der Waals surface area (Å²) in [5.74, 6) is -0.645. The van der Waals surface area contributed by atoms with Crippen molar-refractivity contribution < 1.29 is 17.6 Å². The molecule has 2 heterocycles. The van der Waals surface area contributed by atoms with Gasteiger partial charge in [0.1, 0.15) is 10.7 Å². The number of carbonyl (C=O) groups excluding carboxylic acids is 1. The second-order valence-corrected chi connectivity index (χ2v) is 8.43. The molecule has 2 aliphatic heterocycles. The summed E-state index contributed by atoms with van der Waals surface area (Å²) in [6.45, 7) is 3.72. The zero-order valence-electron chi connectivity index (χ0n) is 13.2. The normalized spacial score (nSPS) is 21.7. The Labute approximate surface area is 136 Å². The number of amides is 1. The topological polar surface area (TPSA) is 57.7 Å². The van der Waals surface area contributed by atoms with E-state index < -0.39 is 15.8 Å². The number of piperidine rings is 1. The number of halogens is 1. The molecule has 126 valence electrons. The highest BCUT2D eigenvalue weighted by atomic mass is 32.2. The molecule has 1 spiro atoms. The summed E-state index contributed by atoms with van der Waals surface area (Å²) in [6, 6.07) is 5.50. The first kappa shape index (κ1) is 16.4. The third-order valence-corrected chi connectivity index (χ3v) is 7.01. The number of sulfonamides is 1. The molecule has 7 heteroatoms. The molecule has 23 heavy (non-hydrogen) atoms. The van der Waals surface area contributed by atoms with Crippen LogP contribution < -0.4 is 0 Å². The van der Waals surface area contributed by atoms with Crippen molar-refractivity contribution in [3.8, 4) is 0 Å². The van der Waals surface area contributed by atoms with Crippen molar-refractivity contribution in [2.45, 2.75) is 31.1 Å². The van der Waals surface area contributed by atoms with Crippen LogP contribution in [0.15, 0.2) is 29.2 Å². The largest absolute Gasteiger partial charge is 0.343 e. The number of hydrogen-bond donors (Lipinski definition) is 0. The lowest BCUT2D eigenvalue weighted by molar-refractivity contribution is -0.131. The van der Waals surface area contributed by atoms with E-state index in [1.807, 2.05) is 0 Å². The minimum Gasteiger partial charge on any atom is -0.343 e. The van der Waals surface area contributed by atoms with Gasteiger partial charge in [0.25, 0.3) is 0 Å². The van der Waals surface area contributed by atoms with Crippen LogP contribution in [0.25, 0.3) is 0 Å². The van der Waals surface area contributed by atoms with E-state index in [0.29, 0.717) is 26.2 Å². The van der Waals surface area contributed by atoms with E-state index in [4.69, 9.17) is 0 Å². The summed E-state index contributed by atoms with van der Waals surface area (Å²) in [7, 11) is -3.80. The van der Waals surface area contributed by atoms with Crippen molar-refractivity contribution in [2.75, 3.05) is 26.2 Å². The second-order valence-electron chi connectivity index (χ2n) is 6.53. The zero-order chi connectivity index (χ0) is 16.7. The van der Waals surface area contributed by atoms with Gasteiger partial charge < -0.3 is 4.90 Å². The van der Waals surface area contributed by atoms with E-state index in [1.54, 1.807) is 11.8 Å². The van der Waals surface area contributed by atoms with E-state index in [0.717, 1.165) is 19.3 Å². The molecule has 0 unspecified atom stereocenters. The molecule has 0 saturated carbocycles. The van der Waals surface area contributed by atoms with Crippen LogP contribution in [0.3, 0.4) is 0 Å². The van der Waals surface area contributed by atoms with Crippen molar-refractivity contribution in [1.82, 2.24) is 9.21 Å². The smallest absolute Gasteiger partial charge is 0.246 e. The van der Waals surface area contributed by atoms with Gasteiger partial charge in [-0.25, -0.2) is 12.8 Å². The fourth-order valence-corrected chi connectivity index (χ4v) is 5.21. The predicted octanol–water partition coefficient (Wildman–Crippen LogP) is 1.85. The van der Waals surface area contributed by atoms with Gasteiger partial charge in [-0.15, -0.1) is 0 Å². The summed E-state index contributed by atoms with van der Waals surface area (Å²) >= 11 is 0. The highest BCUT2D eigenvalue weighted by Gasteiger charge is 2.45. The minimum absolute atomic E-state index is 0.0636. The Morgan fingerprint density at radius 2 is 1.74 bits per heavy atom. The number of likely N-dealkylation sites (tertiary alicyclic amines) is 1. The molecule has 0 atom stereocenters. The first-order valence-electron chi connectivity index (χ1n) is 7.84. The van der Waals surface area contributed by atoms with Crippen LogP contribution in [0, 0.1) is 11.2 Å². The maximum atomic E-state index is 13.9. The number of rotatable bonds is 2. The van der Waals surface area contributed by atoms with Gasteiger partial charge >= 0.3 is 0 Å². The van der Waals surface area contributed by atoms with Crippen molar-refractivity contribution in [3.05, 3.63) is 30.1 Å². The molecular weight excluding hydrogens is 319 g/mol. The minimum atomic E-state index is -3.80. The van der Waals surface area contributed by atoms with Crippen LogP contribution in [0.1, 0.15) is 26.2 Å². The highest BCUT2D eigenvalue weighted by Crippen LogP contribution is 2.42. The van der Waals surface area contributed by atoms with E-state index >= 15 is 0 Å². The van der Waals surface area contributed by atoms with Gasteiger partial charge in [-0.2, -0.15) is 4.31 Å². The lowest BCUT2D eigenvalue weighted by Gasteiger charge is -2.38. The Morgan fingerprint density at radius 1 is 1.13 bits per heavy atom. The zero-order valence-corrected chi connectivity index (χ0v) is 14.0. The summed E-state index contributed by atoms with van der Waals surface area (Å²) < 4.78 is 40.6. The van der Waals surface area contributed by atoms with Crippen LogP contribution in [-0.4, -0.2) is 49.7 Å². The number of benzene rings is 1. The SMILES string of the molecule is CC(=O)N1CCC2(CC1)CCN(S(=O)(=O)c1ccccc1F)C2. The number of carbonyl (C=O) groups is 1. The fraction of sp³-hybridized carbons (Fsp3) is 0.562. The van der Waals surface area contributed by atoms with Crippen molar-refractivity contribution in [1.29, 1.82) is 0 Å². The fourth-order valence-electron chi connectivity index (χ4n) is 3.60. The molecular formula is C16H21FN2O3S. The van der Waals surface area contributed by atoms with E-state index in [1.165, 1.54) is 28.6 Å². The van der Waals surface area contributed by atoms with Crippen LogP contribution in [-0.2, 0) is 14.8 Å². The van der Waals surface area contributed by atoms with E-state index in [2.05, 4.69) is 0 Å². The first-order chi connectivity index (χ1) is 10.8. The molecule has 0 aromatic heterocycles. The Bertz CT molecular complexity index is 712. The molecule has 0 aliphatic carbocycles. The molecule has 2 saturated heterocycles. The molecule has 0 bridgehead atoms. The van der Waals surface area contributed by atoms with Crippen LogP contribution >= 0.6 is 0 Å². The number of nitrogens with zero attached hydrogens (tertiary/aromatic N) is 2. The third kappa shape index (κ3) is 2.99. The second kappa shape index (κ2) is 5.87. The van der Waals surface area contributed by atoms with Gasteiger partial charge in [-0.3, -0.25) is 4.79 Å². The summed E-state index contributed by atoms with van der Waals surface area (Å²) in [4.78, 5) is 13.0. The molecule has 0 N–H and O–H groups in total. The maximum absolute atomic E-state index is 13.9. The summed E-state index contributed by atoms with van der Waals surface area (Å²) in [5.41, 5.74) is -0.0791. The molecule has 3 rings (SSSR count). The van der Waals surface area contributed by atoms with Crippen LogP contribution in [0.5, 0.6) is 0 Å². The average molecular weight is 340 g/mol. The lowest BCUT2D eigenvalue weighted by atomic mass is 9.78. The molecule has 5 nitrogen and oxygen atoms in total. The third-order valence-electron chi connectivity index (χ3n) is 5.13. The van der Waals surface area contributed by atoms with Crippen molar-refractivity contribution in [3.63, 3.8) is 0 Å². The van der Waals surface area contributed by atoms with Crippen molar-refractivity contribution >= 4 is 15.9 Å². The maximum Gasteiger partial charge on any atom is 0.246 e. The summed E-state index contributed by atoms with van der Waals surface area (Å²) in [6.07, 6.45) is 2.37. The van der Waals surface area contributed by atoms with E-state index in [-0.39, 0.29) is 16.2 Å². The monoisotopic (exact) mass is 340 g/mol. The van der Waals surface area contributed by atoms with Gasteiger partial charge in [-0.05, 0) is 36.8 Å². The van der Waals surface area contributed by atoms with Crippen molar-refractivity contribution in [2.24, 2.45) is 5.41 Å². The van der Waals surface area contributed by atoms with Gasteiger partial charge in [0.15, 0.2) is 0 Å². The average Bonchev–Trinajstić information content (AvgIpc) is 2.92. The molecule has 1 aromatic carbocycles. The quantitative estimate of drug-likeness (QED) is 0.825. The Morgan fingerprint density at radius 3 is 2.35 bits per heavy atom. The summed E-state index contributed by atoms with van der Waals surface area (Å²) in [5, 5.41) is 0. The lowest BCUT2D eigenvalue weighted by Crippen LogP contribution is -2.44. The van der Waals surface area contributed by atoms with Crippen LogP contribution in [0.4, 0.5) is 4.39 Å². The standard InChI is InChI=1S/C16H21FN2O3S/c1-13(20)18-9-6-16(7-10-18)8-11-19(12-16)23(21,22)15-5-3-2-4-14(15)17/h2-5H,6-12H2,1H3. The highest BCUT2D eigenvalue weighted by molar-refractivity contribution is 7.89. The molecule has 0 radical (unpaired) electrons. The van der Waals surface area contributed by atoms with Gasteiger partial charge in [-0.1, -0.05) is 12.1 Å². The first-order valence-corrected chi connectivity index (χ1v) is 9.28. The van der Waals surface area contributed by atoms with Gasteiger partial charge in [0.05, 0.1) is 0 Å². The molecule has 2 fully saturated rings. The number of hydrogen-bond acceptors (Lipinski definition) is 3. The Hall–Kier alpha value is -1.47. The Kier molecular flexibility index (Phi) is 4.18. The van der Waals surface area contributed by atoms with E-state index in [9.17, 15) is 17.6 Å². The van der Waals surface area contributed by atoms with Gasteiger partial charge in [0, 0.05) is 33.1 Å². The molecule has 1 aromatic rings. The molecule has 2 aliphatic rings.